The first-order chi connectivity index (χ1) is 8.34. The highest BCUT2D eigenvalue weighted by Crippen LogP contribution is 2.29. The van der Waals surface area contributed by atoms with Gasteiger partial charge in [0.15, 0.2) is 0 Å². The van der Waals surface area contributed by atoms with E-state index in [1.54, 1.807) is 0 Å². The predicted molar refractivity (Wildman–Crippen MR) is 73.0 cm³/mol. The van der Waals surface area contributed by atoms with E-state index in [1.165, 1.54) is 19.2 Å². The Morgan fingerprint density at radius 2 is 2.00 bits per heavy atom. The van der Waals surface area contributed by atoms with Crippen LogP contribution in [-0.2, 0) is 16.6 Å². The monoisotopic (exact) mass is 306 g/mol. The molecule has 0 aliphatic carbocycles. The number of hydrogen-bond donors (Lipinski definition) is 1. The Hall–Kier alpha value is -0.770. The van der Waals surface area contributed by atoms with Gasteiger partial charge in [0.2, 0.25) is 10.0 Å². The Labute approximate surface area is 117 Å². The van der Waals surface area contributed by atoms with Crippen molar-refractivity contribution in [1.82, 2.24) is 4.31 Å². The molecule has 1 rings (SSSR count). The van der Waals surface area contributed by atoms with Gasteiger partial charge in [-0.1, -0.05) is 29.1 Å². The molecule has 2 N–H and O–H groups in total. The van der Waals surface area contributed by atoms with Crippen molar-refractivity contribution in [2.75, 3.05) is 13.6 Å². The molecule has 0 unspecified atom stereocenters. The van der Waals surface area contributed by atoms with Crippen LogP contribution in [0.25, 0.3) is 0 Å². The molecule has 0 bridgehead atoms. The van der Waals surface area contributed by atoms with E-state index >= 15 is 0 Å². The van der Waals surface area contributed by atoms with Crippen LogP contribution in [0.5, 0.6) is 0 Å². The van der Waals surface area contributed by atoms with Crippen molar-refractivity contribution in [2.24, 2.45) is 5.73 Å². The van der Waals surface area contributed by atoms with Crippen molar-refractivity contribution in [3.05, 3.63) is 27.7 Å². The summed E-state index contributed by atoms with van der Waals surface area (Å²) >= 11 is 11.8. The van der Waals surface area contributed by atoms with Crippen LogP contribution in [0.4, 0.5) is 0 Å². The van der Waals surface area contributed by atoms with Crippen LogP contribution in [-0.4, -0.2) is 26.3 Å². The van der Waals surface area contributed by atoms with Crippen LogP contribution >= 0.6 is 23.2 Å². The maximum absolute atomic E-state index is 12.2. The van der Waals surface area contributed by atoms with E-state index in [0.29, 0.717) is 10.6 Å². The van der Waals surface area contributed by atoms with Crippen LogP contribution in [0, 0.1) is 12.3 Å². The zero-order chi connectivity index (χ0) is 13.9. The van der Waals surface area contributed by atoms with Crippen LogP contribution in [0.2, 0.25) is 10.0 Å². The first-order valence-electron chi connectivity index (χ1n) is 4.92. The lowest BCUT2D eigenvalue weighted by molar-refractivity contribution is 0.503. The van der Waals surface area contributed by atoms with Crippen molar-refractivity contribution in [1.29, 1.82) is 0 Å². The summed E-state index contributed by atoms with van der Waals surface area (Å²) in [6, 6.07) is 2.73. The molecular formula is C11H12Cl2N2O2S. The van der Waals surface area contributed by atoms with E-state index in [-0.39, 0.29) is 23.0 Å². The number of terminal acetylenes is 1. The molecular weight excluding hydrogens is 295 g/mol. The molecule has 0 spiro atoms. The number of sulfonamides is 1. The molecule has 0 aliphatic heterocycles. The minimum Gasteiger partial charge on any atom is -0.326 e. The quantitative estimate of drug-likeness (QED) is 0.861. The number of nitrogens with two attached hydrogens (primary N) is 1. The lowest BCUT2D eigenvalue weighted by atomic mass is 10.2. The number of halogens is 2. The Kier molecular flexibility index (Phi) is 5.02. The summed E-state index contributed by atoms with van der Waals surface area (Å²) in [6.07, 6.45) is 5.09. The van der Waals surface area contributed by atoms with Crippen molar-refractivity contribution in [2.45, 2.75) is 11.4 Å². The fourth-order valence-corrected chi connectivity index (χ4v) is 3.24. The van der Waals surface area contributed by atoms with E-state index in [4.69, 9.17) is 35.4 Å². The summed E-state index contributed by atoms with van der Waals surface area (Å²) in [5.74, 6) is 2.26. The van der Waals surface area contributed by atoms with Gasteiger partial charge in [-0.15, -0.1) is 6.42 Å². The minimum absolute atomic E-state index is 0.0424. The second-order valence-electron chi connectivity index (χ2n) is 3.54. The lowest BCUT2D eigenvalue weighted by Crippen LogP contribution is -2.27. The maximum Gasteiger partial charge on any atom is 0.245 e. The fraction of sp³-hybridized carbons (Fsp3) is 0.273. The van der Waals surface area contributed by atoms with Crippen LogP contribution in [0.15, 0.2) is 17.0 Å². The highest BCUT2D eigenvalue weighted by molar-refractivity contribution is 7.89. The van der Waals surface area contributed by atoms with E-state index in [9.17, 15) is 8.42 Å². The van der Waals surface area contributed by atoms with Gasteiger partial charge >= 0.3 is 0 Å². The smallest absolute Gasteiger partial charge is 0.245 e. The molecule has 0 fully saturated rings. The summed E-state index contributed by atoms with van der Waals surface area (Å²) in [5.41, 5.74) is 5.99. The number of hydrogen-bond acceptors (Lipinski definition) is 3. The zero-order valence-electron chi connectivity index (χ0n) is 9.65. The minimum atomic E-state index is -3.74. The SMILES string of the molecule is C#CCN(C)S(=O)(=O)c1cc(CN)c(Cl)cc1Cl. The predicted octanol–water partition coefficient (Wildman–Crippen LogP) is 1.71. The zero-order valence-corrected chi connectivity index (χ0v) is 12.0. The van der Waals surface area contributed by atoms with Crippen molar-refractivity contribution in [3.63, 3.8) is 0 Å². The van der Waals surface area contributed by atoms with E-state index in [0.717, 1.165) is 4.31 Å². The van der Waals surface area contributed by atoms with Crippen molar-refractivity contribution in [3.8, 4) is 12.3 Å². The first kappa shape index (κ1) is 15.3. The highest BCUT2D eigenvalue weighted by Gasteiger charge is 2.24. The Morgan fingerprint density at radius 1 is 1.39 bits per heavy atom. The number of rotatable bonds is 4. The number of nitrogens with zero attached hydrogens (tertiary/aromatic N) is 1. The Bertz CT molecular complexity index is 594. The van der Waals surface area contributed by atoms with E-state index in [1.807, 2.05) is 0 Å². The standard InChI is InChI=1S/C11H12Cl2N2O2S/c1-3-4-15(2)18(16,17)11-5-8(7-14)9(12)6-10(11)13/h1,5-6H,4,7,14H2,2H3. The largest absolute Gasteiger partial charge is 0.326 e. The number of benzene rings is 1. The second kappa shape index (κ2) is 5.91. The molecule has 0 heterocycles. The summed E-state index contributed by atoms with van der Waals surface area (Å²) < 4.78 is 25.4. The van der Waals surface area contributed by atoms with Crippen molar-refractivity contribution < 1.29 is 8.42 Å². The summed E-state index contributed by atoms with van der Waals surface area (Å²) in [6.45, 7) is 0.0800. The summed E-state index contributed by atoms with van der Waals surface area (Å²) in [4.78, 5) is -0.0493. The van der Waals surface area contributed by atoms with E-state index < -0.39 is 10.0 Å². The third kappa shape index (κ3) is 2.97. The molecule has 0 aromatic heterocycles. The van der Waals surface area contributed by atoms with Gasteiger partial charge in [-0.25, -0.2) is 8.42 Å². The Morgan fingerprint density at radius 3 is 2.50 bits per heavy atom. The Balaban J connectivity index is 3.38. The first-order valence-corrected chi connectivity index (χ1v) is 7.12. The molecule has 0 saturated carbocycles. The maximum atomic E-state index is 12.2. The second-order valence-corrected chi connectivity index (χ2v) is 6.37. The average molecular weight is 307 g/mol. The van der Waals surface area contributed by atoms with Crippen molar-refractivity contribution >= 4 is 33.2 Å². The van der Waals surface area contributed by atoms with Crippen LogP contribution in [0.3, 0.4) is 0 Å². The molecule has 0 atom stereocenters. The van der Waals surface area contributed by atoms with Crippen LogP contribution in [0.1, 0.15) is 5.56 Å². The molecule has 0 radical (unpaired) electrons. The molecule has 0 saturated heterocycles. The van der Waals surface area contributed by atoms with Gasteiger partial charge in [0.25, 0.3) is 0 Å². The van der Waals surface area contributed by atoms with Gasteiger partial charge in [-0.3, -0.25) is 0 Å². The fourth-order valence-electron chi connectivity index (χ4n) is 1.31. The molecule has 18 heavy (non-hydrogen) atoms. The highest BCUT2D eigenvalue weighted by atomic mass is 35.5. The van der Waals surface area contributed by atoms with Gasteiger partial charge in [-0.2, -0.15) is 4.31 Å². The topological polar surface area (TPSA) is 63.4 Å². The van der Waals surface area contributed by atoms with Gasteiger partial charge in [-0.05, 0) is 17.7 Å². The van der Waals surface area contributed by atoms with Gasteiger partial charge in [0.05, 0.1) is 11.6 Å². The van der Waals surface area contributed by atoms with Gasteiger partial charge < -0.3 is 5.73 Å². The molecule has 7 heteroatoms. The summed E-state index contributed by atoms with van der Waals surface area (Å²) in [7, 11) is -2.36. The van der Waals surface area contributed by atoms with Gasteiger partial charge in [0, 0.05) is 18.6 Å². The molecule has 4 nitrogen and oxygen atoms in total. The summed E-state index contributed by atoms with van der Waals surface area (Å²) in [5, 5.41) is 0.377. The van der Waals surface area contributed by atoms with E-state index in [2.05, 4.69) is 5.92 Å². The van der Waals surface area contributed by atoms with Crippen LogP contribution < -0.4 is 5.73 Å². The molecule has 0 aliphatic rings. The molecule has 0 amide bonds. The average Bonchev–Trinajstić information content (AvgIpc) is 2.29. The third-order valence-corrected chi connectivity index (χ3v) is 4.94. The van der Waals surface area contributed by atoms with Gasteiger partial charge in [0.1, 0.15) is 4.90 Å². The molecule has 1 aromatic carbocycles. The normalized spacial score (nSPS) is 11.6. The lowest BCUT2D eigenvalue weighted by Gasteiger charge is -2.16. The molecule has 1 aromatic rings. The molecule has 98 valence electrons. The third-order valence-electron chi connectivity index (χ3n) is 2.32.